The van der Waals surface area contributed by atoms with Crippen molar-refractivity contribution in [2.45, 2.75) is 71.5 Å². The Hall–Kier alpha value is -4.33. The number of anilines is 2. The number of nitrogens with one attached hydrogen (secondary N) is 2. The van der Waals surface area contributed by atoms with Gasteiger partial charge in [-0.15, -0.1) is 0 Å². The minimum absolute atomic E-state index is 0.0324. The van der Waals surface area contributed by atoms with Gasteiger partial charge in [0.05, 0.1) is 34.4 Å². The summed E-state index contributed by atoms with van der Waals surface area (Å²) in [5.41, 5.74) is 0.359. The fourth-order valence-electron chi connectivity index (χ4n) is 4.60. The fourth-order valence-corrected chi connectivity index (χ4v) is 5.95. The van der Waals surface area contributed by atoms with Crippen molar-refractivity contribution < 1.29 is 36.8 Å². The molecule has 3 aromatic rings. The summed E-state index contributed by atoms with van der Waals surface area (Å²) >= 11 is 0. The summed E-state index contributed by atoms with van der Waals surface area (Å²) in [7, 11) is -3.15. The first kappa shape index (κ1) is 34.5. The van der Waals surface area contributed by atoms with Crippen LogP contribution in [-0.2, 0) is 25.0 Å². The van der Waals surface area contributed by atoms with Crippen molar-refractivity contribution in [2.75, 3.05) is 18.2 Å². The number of alkyl carbamates (subject to hydrolysis) is 1. The van der Waals surface area contributed by atoms with Gasteiger partial charge in [-0.2, -0.15) is 4.36 Å². The van der Waals surface area contributed by atoms with Crippen molar-refractivity contribution in [2.24, 2.45) is 10.3 Å². The fraction of sp³-hybridized carbons (Fsp3) is 0.438. The van der Waals surface area contributed by atoms with Crippen LogP contribution in [0.3, 0.4) is 0 Å². The van der Waals surface area contributed by atoms with Gasteiger partial charge in [-0.25, -0.2) is 27.8 Å². The SMILES string of the molecule is CC(C)[C@H](NC(=O)OC(C)(C)C)C(=O)N=[S@@](C)(=O)Cc1cc2cc(c1)O[C@@H](C)CCOc1cc(F)ccc1-c1nc(ncc1F)N2. The molecule has 4 bridgehead atoms. The first-order valence-corrected chi connectivity index (χ1v) is 16.8. The lowest BCUT2D eigenvalue weighted by atomic mass is 10.0. The molecule has 248 valence electrons. The normalized spacial score (nSPS) is 16.7. The van der Waals surface area contributed by atoms with E-state index >= 15 is 0 Å². The lowest BCUT2D eigenvalue weighted by molar-refractivity contribution is -0.120. The first-order valence-electron chi connectivity index (χ1n) is 14.7. The lowest BCUT2D eigenvalue weighted by Gasteiger charge is -2.24. The van der Waals surface area contributed by atoms with Gasteiger partial charge < -0.3 is 24.8 Å². The third-order valence-electron chi connectivity index (χ3n) is 6.61. The summed E-state index contributed by atoms with van der Waals surface area (Å²) in [5.74, 6) is -1.92. The van der Waals surface area contributed by atoms with Crippen molar-refractivity contribution in [1.82, 2.24) is 15.3 Å². The highest BCUT2D eigenvalue weighted by atomic mass is 32.2. The molecule has 0 aliphatic carbocycles. The lowest BCUT2D eigenvalue weighted by Crippen LogP contribution is -2.46. The summed E-state index contributed by atoms with van der Waals surface area (Å²) in [6.45, 7) is 10.5. The molecule has 0 saturated heterocycles. The molecule has 0 fully saturated rings. The molecule has 11 nitrogen and oxygen atoms in total. The minimum atomic E-state index is -3.15. The smallest absolute Gasteiger partial charge is 0.408 e. The van der Waals surface area contributed by atoms with Crippen LogP contribution < -0.4 is 20.1 Å². The molecule has 0 spiro atoms. The van der Waals surface area contributed by atoms with E-state index in [1.165, 1.54) is 24.5 Å². The van der Waals surface area contributed by atoms with Gasteiger partial charge in [0.1, 0.15) is 34.7 Å². The van der Waals surface area contributed by atoms with Crippen LogP contribution in [0.15, 0.2) is 47.0 Å². The molecule has 0 saturated carbocycles. The molecule has 14 heteroatoms. The van der Waals surface area contributed by atoms with Crippen molar-refractivity contribution in [3.63, 3.8) is 0 Å². The zero-order valence-corrected chi connectivity index (χ0v) is 27.7. The molecular weight excluding hydrogens is 620 g/mol. The van der Waals surface area contributed by atoms with Gasteiger partial charge >= 0.3 is 6.09 Å². The monoisotopic (exact) mass is 659 g/mol. The standard InChI is InChI=1S/C32H39F2N5O6S/c1-18(2)27(38-31(41)45-32(4,5)6)29(40)39-46(7,42)17-20-12-22-15-23(13-20)44-19(3)10-11-43-26-14-21(33)8-9-24(26)28-25(34)16-35-30(36-22)37-28/h8-9,12-16,18-19,27H,10-11,17H2,1-7H3,(H,38,41)(H,35,36,37)/t19-,27-,46-/m0/s1. The number of aromatic nitrogens is 2. The van der Waals surface area contributed by atoms with Gasteiger partial charge in [-0.05, 0) is 63.4 Å². The molecule has 0 radical (unpaired) electrons. The summed E-state index contributed by atoms with van der Waals surface area (Å²) in [6.07, 6.45) is 1.61. The number of amides is 2. The van der Waals surface area contributed by atoms with E-state index in [1.807, 2.05) is 6.92 Å². The second kappa shape index (κ2) is 14.0. The highest BCUT2D eigenvalue weighted by Crippen LogP contribution is 2.33. The summed E-state index contributed by atoms with van der Waals surface area (Å²) in [4.78, 5) is 33.9. The van der Waals surface area contributed by atoms with E-state index in [4.69, 9.17) is 14.2 Å². The quantitative estimate of drug-likeness (QED) is 0.319. The number of carbonyl (C=O) groups is 2. The van der Waals surface area contributed by atoms with E-state index < -0.39 is 45.0 Å². The Morgan fingerprint density at radius 1 is 1.20 bits per heavy atom. The summed E-state index contributed by atoms with van der Waals surface area (Å²) in [6, 6.07) is 7.74. The molecule has 1 aliphatic rings. The number of carbonyl (C=O) groups excluding carboxylic acids is 2. The van der Waals surface area contributed by atoms with Crippen molar-refractivity contribution >= 4 is 33.4 Å². The van der Waals surface area contributed by atoms with Crippen molar-refractivity contribution in [3.05, 3.63) is 59.8 Å². The van der Waals surface area contributed by atoms with E-state index in [2.05, 4.69) is 25.0 Å². The molecule has 4 rings (SSSR count). The highest BCUT2D eigenvalue weighted by molar-refractivity contribution is 7.92. The van der Waals surface area contributed by atoms with E-state index in [-0.39, 0.29) is 47.3 Å². The second-order valence-corrected chi connectivity index (χ2v) is 14.9. The minimum Gasteiger partial charge on any atom is -0.493 e. The molecule has 46 heavy (non-hydrogen) atoms. The van der Waals surface area contributed by atoms with E-state index in [0.29, 0.717) is 23.4 Å². The van der Waals surface area contributed by atoms with Crippen LogP contribution in [0.25, 0.3) is 11.3 Å². The van der Waals surface area contributed by atoms with E-state index in [0.717, 1.165) is 6.20 Å². The number of rotatable bonds is 5. The largest absolute Gasteiger partial charge is 0.493 e. The van der Waals surface area contributed by atoms with Gasteiger partial charge in [-0.3, -0.25) is 4.79 Å². The summed E-state index contributed by atoms with van der Waals surface area (Å²) in [5, 5.41) is 5.56. The Balaban J connectivity index is 1.66. The molecule has 1 aromatic heterocycles. The van der Waals surface area contributed by atoms with E-state index in [1.54, 1.807) is 52.8 Å². The maximum absolute atomic E-state index is 14.9. The van der Waals surface area contributed by atoms with Crippen LogP contribution in [0.1, 0.15) is 53.5 Å². The van der Waals surface area contributed by atoms with Crippen LogP contribution in [0.2, 0.25) is 0 Å². The third kappa shape index (κ3) is 9.59. The number of hydrogen-bond donors (Lipinski definition) is 2. The average molecular weight is 660 g/mol. The van der Waals surface area contributed by atoms with Gasteiger partial charge in [-0.1, -0.05) is 13.8 Å². The van der Waals surface area contributed by atoms with Crippen molar-refractivity contribution in [1.29, 1.82) is 0 Å². The number of halogens is 2. The van der Waals surface area contributed by atoms with Gasteiger partial charge in [0.25, 0.3) is 5.91 Å². The number of fused-ring (bicyclic) bond motifs is 6. The molecule has 3 atom stereocenters. The maximum Gasteiger partial charge on any atom is 0.408 e. The van der Waals surface area contributed by atoms with Crippen LogP contribution in [0.5, 0.6) is 11.5 Å². The Kier molecular flexibility index (Phi) is 10.5. The molecule has 2 heterocycles. The number of nitrogens with zero attached hydrogens (tertiary/aromatic N) is 3. The number of ether oxygens (including phenoxy) is 3. The molecule has 2 N–H and O–H groups in total. The summed E-state index contributed by atoms with van der Waals surface area (Å²) < 4.78 is 63.9. The Labute approximate surface area is 267 Å². The zero-order chi connectivity index (χ0) is 33.8. The molecule has 2 amide bonds. The second-order valence-electron chi connectivity index (χ2n) is 12.5. The van der Waals surface area contributed by atoms with E-state index in [9.17, 15) is 22.6 Å². The van der Waals surface area contributed by atoms with Crippen LogP contribution in [-0.4, -0.2) is 56.8 Å². The van der Waals surface area contributed by atoms with Crippen LogP contribution in [0, 0.1) is 17.6 Å². The molecule has 0 unspecified atom stereocenters. The molecular formula is C32H39F2N5O6S. The third-order valence-corrected chi connectivity index (χ3v) is 8.04. The predicted molar refractivity (Wildman–Crippen MR) is 171 cm³/mol. The van der Waals surface area contributed by atoms with Gasteiger partial charge in [0.2, 0.25) is 5.95 Å². The zero-order valence-electron chi connectivity index (χ0n) is 26.9. The Morgan fingerprint density at radius 2 is 1.93 bits per heavy atom. The van der Waals surface area contributed by atoms with Crippen LogP contribution >= 0.6 is 0 Å². The molecule has 1 aliphatic heterocycles. The Morgan fingerprint density at radius 3 is 2.63 bits per heavy atom. The topological polar surface area (TPSA) is 141 Å². The Bertz CT molecular complexity index is 1740. The first-order chi connectivity index (χ1) is 21.5. The highest BCUT2D eigenvalue weighted by Gasteiger charge is 2.28. The van der Waals surface area contributed by atoms with Gasteiger partial charge in [0.15, 0.2) is 5.82 Å². The van der Waals surface area contributed by atoms with Gasteiger partial charge in [0, 0.05) is 36.1 Å². The molecule has 2 aromatic carbocycles. The maximum atomic E-state index is 14.9. The van der Waals surface area contributed by atoms with Crippen LogP contribution in [0.4, 0.5) is 25.2 Å². The predicted octanol–water partition coefficient (Wildman–Crippen LogP) is 6.39. The van der Waals surface area contributed by atoms with Crippen molar-refractivity contribution in [3.8, 4) is 22.8 Å². The number of benzene rings is 2. The average Bonchev–Trinajstić information content (AvgIpc) is 2.91. The number of hydrogen-bond acceptors (Lipinski definition) is 9.